The van der Waals surface area contributed by atoms with Crippen LogP contribution in [0.3, 0.4) is 0 Å². The van der Waals surface area contributed by atoms with Gasteiger partial charge in [-0.15, -0.1) is 0 Å². The molecular weight excluding hydrogens is 188 g/mol. The average Bonchev–Trinajstić information content (AvgIpc) is 2.13. The Kier molecular flexibility index (Phi) is 1.22. The molecule has 1 aromatic heterocycles. The highest BCUT2D eigenvalue weighted by molar-refractivity contribution is 9.11. The van der Waals surface area contributed by atoms with E-state index in [0.29, 0.717) is 5.06 Å². The van der Waals surface area contributed by atoms with Gasteiger partial charge in [0.1, 0.15) is 0 Å². The first-order valence-electron chi connectivity index (χ1n) is 3.10. The monoisotopic (exact) mass is 194 g/mol. The summed E-state index contributed by atoms with van der Waals surface area (Å²) in [5, 5.41) is 0.599. The van der Waals surface area contributed by atoms with Crippen molar-refractivity contribution in [3.8, 4) is 5.06 Å². The lowest BCUT2D eigenvalue weighted by Crippen LogP contribution is -1.73. The van der Waals surface area contributed by atoms with E-state index in [-0.39, 0.29) is 0 Å². The van der Waals surface area contributed by atoms with Crippen LogP contribution in [0.15, 0.2) is 15.9 Å². The molecule has 0 spiro atoms. The minimum atomic E-state index is -1.23. The number of ether oxygens (including phenoxy) is 1. The lowest BCUT2D eigenvalue weighted by Gasteiger charge is -1.86. The van der Waals surface area contributed by atoms with Crippen molar-refractivity contribution in [3.63, 3.8) is 0 Å². The average molecular weight is 195 g/mol. The van der Waals surface area contributed by atoms with Crippen molar-refractivity contribution in [2.75, 3.05) is 7.06 Å². The molecule has 0 saturated heterocycles. The van der Waals surface area contributed by atoms with Crippen molar-refractivity contribution in [1.82, 2.24) is 0 Å². The number of hydrogen-bond acceptors (Lipinski definition) is 2. The molecule has 0 unspecified atom stereocenters. The Balaban J connectivity index is 2.58. The molecule has 0 saturated carbocycles. The molecule has 0 aliphatic carbocycles. The summed E-state index contributed by atoms with van der Waals surface area (Å²) < 4.78 is 19.2. The van der Waals surface area contributed by atoms with E-state index in [9.17, 15) is 0 Å². The van der Waals surface area contributed by atoms with Crippen molar-refractivity contribution in [3.05, 3.63) is 15.9 Å². The van der Waals surface area contributed by atoms with Gasteiger partial charge < -0.3 is 4.74 Å². The Labute approximate surface area is 63.2 Å². The molecule has 0 aliphatic heterocycles. The highest BCUT2D eigenvalue weighted by Gasteiger charge is 1.92. The standard InChI is InChI=1S/C5H5BrOS/c1-7-5-3-2-4(6)8-5/h2-3H,1H3/i1D2. The summed E-state index contributed by atoms with van der Waals surface area (Å²) >= 11 is 4.61. The zero-order valence-electron chi connectivity index (χ0n) is 5.93. The van der Waals surface area contributed by atoms with Crippen LogP contribution in [0, 0.1) is 0 Å². The first-order valence-corrected chi connectivity index (χ1v) is 3.56. The summed E-state index contributed by atoms with van der Waals surface area (Å²) in [5.74, 6) is 0. The Hall–Kier alpha value is -0.0200. The molecule has 0 atom stereocenters. The summed E-state index contributed by atoms with van der Waals surface area (Å²) in [4.78, 5) is 0. The molecule has 0 bridgehead atoms. The van der Waals surface area contributed by atoms with Crippen molar-refractivity contribution in [2.24, 2.45) is 0 Å². The van der Waals surface area contributed by atoms with Gasteiger partial charge in [0, 0.05) is 0 Å². The van der Waals surface area contributed by atoms with Crippen LogP contribution in [-0.4, -0.2) is 7.06 Å². The lowest BCUT2D eigenvalue weighted by molar-refractivity contribution is 0.427. The van der Waals surface area contributed by atoms with Crippen LogP contribution in [0.5, 0.6) is 5.06 Å². The van der Waals surface area contributed by atoms with Gasteiger partial charge in [-0.05, 0) is 28.1 Å². The molecule has 0 radical (unpaired) electrons. The van der Waals surface area contributed by atoms with E-state index < -0.39 is 7.06 Å². The molecule has 1 heterocycles. The first kappa shape index (κ1) is 3.90. The minimum Gasteiger partial charge on any atom is -0.487 e. The van der Waals surface area contributed by atoms with Crippen LogP contribution in [0.4, 0.5) is 0 Å². The zero-order chi connectivity index (χ0) is 7.56. The maximum Gasteiger partial charge on any atom is 0.174 e. The third-order valence-corrected chi connectivity index (χ3v) is 2.18. The van der Waals surface area contributed by atoms with E-state index in [2.05, 4.69) is 15.9 Å². The summed E-state index contributed by atoms with van der Waals surface area (Å²) in [6.45, 7) is 0. The number of halogens is 1. The lowest BCUT2D eigenvalue weighted by atomic mass is 10.7. The molecular formula is C5H5BrOS. The SMILES string of the molecule is [2H]C([2H])Oc1ccc(Br)s1. The van der Waals surface area contributed by atoms with Crippen LogP contribution in [0.25, 0.3) is 0 Å². The second-order valence-corrected chi connectivity index (χ2v) is 3.60. The smallest absolute Gasteiger partial charge is 0.174 e. The number of hydrogen-bond donors (Lipinski definition) is 0. The van der Waals surface area contributed by atoms with Gasteiger partial charge >= 0.3 is 0 Å². The first-order chi connectivity index (χ1) is 4.68. The molecule has 1 aromatic rings. The molecule has 8 heavy (non-hydrogen) atoms. The van der Waals surface area contributed by atoms with Gasteiger partial charge in [-0.3, -0.25) is 0 Å². The molecule has 1 nitrogen and oxygen atoms in total. The summed E-state index contributed by atoms with van der Waals surface area (Å²) in [6, 6.07) is 3.55. The van der Waals surface area contributed by atoms with Gasteiger partial charge in [0.25, 0.3) is 0 Å². The normalized spacial score (nSPS) is 13.2. The number of rotatable bonds is 1. The summed E-state index contributed by atoms with van der Waals surface area (Å²) in [5.41, 5.74) is 0. The van der Waals surface area contributed by atoms with Gasteiger partial charge in [0.2, 0.25) is 0 Å². The minimum absolute atomic E-state index is 0.599. The Morgan fingerprint density at radius 2 is 2.75 bits per heavy atom. The molecule has 44 valence electrons. The van der Waals surface area contributed by atoms with Gasteiger partial charge in [-0.1, -0.05) is 11.3 Å². The largest absolute Gasteiger partial charge is 0.487 e. The van der Waals surface area contributed by atoms with Gasteiger partial charge in [0.05, 0.1) is 13.6 Å². The third-order valence-electron chi connectivity index (χ3n) is 0.665. The predicted molar refractivity (Wildman–Crippen MR) is 38.6 cm³/mol. The molecule has 0 aromatic carbocycles. The van der Waals surface area contributed by atoms with Crippen molar-refractivity contribution < 1.29 is 7.48 Å². The Morgan fingerprint density at radius 1 is 1.88 bits per heavy atom. The molecule has 1 rings (SSSR count). The highest BCUT2D eigenvalue weighted by Crippen LogP contribution is 2.27. The fourth-order valence-corrected chi connectivity index (χ4v) is 1.48. The van der Waals surface area contributed by atoms with Gasteiger partial charge in [-0.25, -0.2) is 0 Å². The van der Waals surface area contributed by atoms with Crippen LogP contribution in [0.1, 0.15) is 2.74 Å². The van der Waals surface area contributed by atoms with Crippen molar-refractivity contribution >= 4 is 27.3 Å². The quantitative estimate of drug-likeness (QED) is 0.668. The molecule has 3 heteroatoms. The van der Waals surface area contributed by atoms with Crippen LogP contribution in [0.2, 0.25) is 0 Å². The number of methoxy groups -OCH3 is 1. The van der Waals surface area contributed by atoms with Crippen molar-refractivity contribution in [1.29, 1.82) is 0 Å². The van der Waals surface area contributed by atoms with E-state index in [0.717, 1.165) is 3.79 Å². The highest BCUT2D eigenvalue weighted by atomic mass is 79.9. The topological polar surface area (TPSA) is 9.23 Å². The van der Waals surface area contributed by atoms with Crippen LogP contribution < -0.4 is 4.74 Å². The fraction of sp³-hybridized carbons (Fsp3) is 0.200. The van der Waals surface area contributed by atoms with Crippen molar-refractivity contribution in [2.45, 2.75) is 0 Å². The van der Waals surface area contributed by atoms with E-state index in [4.69, 9.17) is 7.48 Å². The van der Waals surface area contributed by atoms with E-state index >= 15 is 0 Å². The Morgan fingerprint density at radius 3 is 3.25 bits per heavy atom. The van der Waals surface area contributed by atoms with E-state index in [1.165, 1.54) is 11.3 Å². The van der Waals surface area contributed by atoms with Gasteiger partial charge in [0.15, 0.2) is 5.06 Å². The molecule has 0 N–H and O–H groups in total. The third kappa shape index (κ3) is 1.23. The molecule has 0 amide bonds. The Bertz CT molecular complexity index is 213. The number of thiophene rings is 1. The fourth-order valence-electron chi connectivity index (χ4n) is 0.361. The maximum absolute atomic E-state index is 6.76. The van der Waals surface area contributed by atoms with Crippen LogP contribution in [-0.2, 0) is 0 Å². The maximum atomic E-state index is 6.76. The second kappa shape index (κ2) is 2.51. The zero-order valence-corrected chi connectivity index (χ0v) is 6.33. The second-order valence-electron chi connectivity index (χ2n) is 1.18. The van der Waals surface area contributed by atoms with Crippen LogP contribution >= 0.6 is 27.3 Å². The molecule has 0 fully saturated rings. The summed E-state index contributed by atoms with van der Waals surface area (Å²) in [6.07, 6.45) is 0. The van der Waals surface area contributed by atoms with E-state index in [1.54, 1.807) is 6.07 Å². The van der Waals surface area contributed by atoms with E-state index in [1.807, 2.05) is 6.07 Å². The predicted octanol–water partition coefficient (Wildman–Crippen LogP) is 2.52. The molecule has 0 aliphatic rings. The summed E-state index contributed by atoms with van der Waals surface area (Å²) in [7, 11) is -1.23. The van der Waals surface area contributed by atoms with Gasteiger partial charge in [-0.2, -0.15) is 0 Å².